The van der Waals surface area contributed by atoms with Crippen LogP contribution in [0.4, 0.5) is 5.69 Å². The second-order valence-corrected chi connectivity index (χ2v) is 5.57. The van der Waals surface area contributed by atoms with Crippen molar-refractivity contribution in [1.29, 1.82) is 0 Å². The van der Waals surface area contributed by atoms with Crippen molar-refractivity contribution in [3.63, 3.8) is 0 Å². The van der Waals surface area contributed by atoms with Crippen molar-refractivity contribution in [2.24, 2.45) is 10.7 Å². The van der Waals surface area contributed by atoms with E-state index in [9.17, 15) is 0 Å². The molecule has 7 heteroatoms. The largest absolute Gasteiger partial charge is 0.497 e. The van der Waals surface area contributed by atoms with Crippen molar-refractivity contribution in [1.82, 2.24) is 0 Å². The van der Waals surface area contributed by atoms with Crippen LogP contribution in [-0.4, -0.2) is 33.8 Å². The first kappa shape index (κ1) is 18.7. The molecule has 0 saturated carbocycles. The van der Waals surface area contributed by atoms with E-state index in [1.807, 2.05) is 18.2 Å². The van der Waals surface area contributed by atoms with Crippen LogP contribution in [0.25, 0.3) is 0 Å². The Morgan fingerprint density at radius 2 is 1.72 bits per heavy atom. The van der Waals surface area contributed by atoms with Crippen molar-refractivity contribution in [3.8, 4) is 17.2 Å². The first-order valence-corrected chi connectivity index (χ1v) is 8.06. The van der Waals surface area contributed by atoms with Gasteiger partial charge >= 0.3 is 0 Å². The van der Waals surface area contributed by atoms with Gasteiger partial charge < -0.3 is 25.3 Å². The highest BCUT2D eigenvalue weighted by atomic mass is 35.5. The molecule has 0 atom stereocenters. The Hall–Kier alpha value is -2.60. The first-order valence-electron chi connectivity index (χ1n) is 7.68. The predicted octanol–water partition coefficient (Wildman–Crippen LogP) is 3.34. The summed E-state index contributed by atoms with van der Waals surface area (Å²) in [7, 11) is 4.79. The van der Waals surface area contributed by atoms with Gasteiger partial charge in [-0.05, 0) is 36.2 Å². The zero-order chi connectivity index (χ0) is 18.2. The lowest BCUT2D eigenvalue weighted by Crippen LogP contribution is -2.23. The van der Waals surface area contributed by atoms with Crippen LogP contribution in [0.15, 0.2) is 41.4 Å². The minimum atomic E-state index is 0.288. The molecule has 0 spiro atoms. The number of nitrogens with one attached hydrogen (secondary N) is 1. The molecule has 0 radical (unpaired) electrons. The van der Waals surface area contributed by atoms with Gasteiger partial charge in [0, 0.05) is 17.6 Å². The maximum Gasteiger partial charge on any atom is 0.193 e. The number of methoxy groups -OCH3 is 3. The van der Waals surface area contributed by atoms with E-state index in [1.165, 1.54) is 0 Å². The summed E-state index contributed by atoms with van der Waals surface area (Å²) in [6.45, 7) is 0.497. The van der Waals surface area contributed by atoms with Crippen molar-refractivity contribution in [2.75, 3.05) is 33.2 Å². The zero-order valence-corrected chi connectivity index (χ0v) is 15.3. The average Bonchev–Trinajstić information content (AvgIpc) is 2.62. The molecule has 0 fully saturated rings. The zero-order valence-electron chi connectivity index (χ0n) is 14.5. The van der Waals surface area contributed by atoms with Gasteiger partial charge in [0.15, 0.2) is 5.96 Å². The van der Waals surface area contributed by atoms with Gasteiger partial charge in [-0.3, -0.25) is 4.99 Å². The molecule has 2 aromatic carbocycles. The molecule has 3 N–H and O–H groups in total. The molecule has 134 valence electrons. The monoisotopic (exact) mass is 363 g/mol. The molecule has 6 nitrogen and oxygen atoms in total. The van der Waals surface area contributed by atoms with Gasteiger partial charge in [-0.25, -0.2) is 0 Å². The fourth-order valence-corrected chi connectivity index (χ4v) is 2.51. The van der Waals surface area contributed by atoms with Gasteiger partial charge in [-0.2, -0.15) is 0 Å². The van der Waals surface area contributed by atoms with Crippen molar-refractivity contribution >= 4 is 23.2 Å². The summed E-state index contributed by atoms with van der Waals surface area (Å²) in [6.07, 6.45) is 0.667. The van der Waals surface area contributed by atoms with Crippen LogP contribution >= 0.6 is 11.6 Å². The normalized spacial score (nSPS) is 11.1. The van der Waals surface area contributed by atoms with Crippen molar-refractivity contribution < 1.29 is 14.2 Å². The standard InChI is InChI=1S/C18H22ClN3O3/c1-23-13-5-4-12(15(19)10-13)8-9-21-18(20)22-16-11-14(24-2)6-7-17(16)25-3/h4-7,10-11H,8-9H2,1-3H3,(H3,20,21,22). The molecule has 0 aliphatic heterocycles. The summed E-state index contributed by atoms with van der Waals surface area (Å²) in [5, 5.41) is 3.67. The Kier molecular flexibility index (Phi) is 6.77. The summed E-state index contributed by atoms with van der Waals surface area (Å²) in [5.74, 6) is 2.36. The number of hydrogen-bond acceptors (Lipinski definition) is 4. The lowest BCUT2D eigenvalue weighted by atomic mass is 10.1. The number of halogens is 1. The number of anilines is 1. The maximum atomic E-state index is 6.22. The van der Waals surface area contributed by atoms with E-state index >= 15 is 0 Å². The van der Waals surface area contributed by atoms with Gasteiger partial charge in [-0.15, -0.1) is 0 Å². The summed E-state index contributed by atoms with van der Waals surface area (Å²) < 4.78 is 15.6. The Labute approximate surface area is 152 Å². The van der Waals surface area contributed by atoms with E-state index in [4.69, 9.17) is 31.5 Å². The highest BCUT2D eigenvalue weighted by Gasteiger charge is 2.06. The van der Waals surface area contributed by atoms with E-state index in [0.29, 0.717) is 35.2 Å². The van der Waals surface area contributed by atoms with Crippen molar-refractivity contribution in [3.05, 3.63) is 47.0 Å². The summed E-state index contributed by atoms with van der Waals surface area (Å²) in [4.78, 5) is 4.33. The molecule has 25 heavy (non-hydrogen) atoms. The quantitative estimate of drug-likeness (QED) is 0.582. The van der Waals surface area contributed by atoms with Crippen LogP contribution in [0.2, 0.25) is 5.02 Å². The smallest absolute Gasteiger partial charge is 0.193 e. The lowest BCUT2D eigenvalue weighted by Gasteiger charge is -2.12. The summed E-state index contributed by atoms with van der Waals surface area (Å²) in [6, 6.07) is 11.0. The number of ether oxygens (including phenoxy) is 3. The number of benzene rings is 2. The SMILES string of the molecule is COc1ccc(CCN=C(N)Nc2cc(OC)ccc2OC)c(Cl)c1. The van der Waals surface area contributed by atoms with E-state index in [0.717, 1.165) is 11.3 Å². The highest BCUT2D eigenvalue weighted by Crippen LogP contribution is 2.28. The van der Waals surface area contributed by atoms with E-state index < -0.39 is 0 Å². The molecule has 0 heterocycles. The molecule has 0 amide bonds. The van der Waals surface area contributed by atoms with E-state index in [-0.39, 0.29) is 5.96 Å². The number of nitrogens with two attached hydrogens (primary N) is 1. The van der Waals surface area contributed by atoms with Crippen LogP contribution < -0.4 is 25.3 Å². The highest BCUT2D eigenvalue weighted by molar-refractivity contribution is 6.31. The third-order valence-electron chi connectivity index (χ3n) is 3.59. The predicted molar refractivity (Wildman–Crippen MR) is 101 cm³/mol. The molecule has 0 aliphatic carbocycles. The average molecular weight is 364 g/mol. The van der Waals surface area contributed by atoms with Gasteiger partial charge in [0.1, 0.15) is 17.2 Å². The molecule has 0 bridgehead atoms. The van der Waals surface area contributed by atoms with Crippen LogP contribution in [0.1, 0.15) is 5.56 Å². The molecule has 0 unspecified atom stereocenters. The molecule has 2 aromatic rings. The number of hydrogen-bond donors (Lipinski definition) is 2. The van der Waals surface area contributed by atoms with Crippen LogP contribution in [0.3, 0.4) is 0 Å². The Balaban J connectivity index is 2.00. The topological polar surface area (TPSA) is 78.1 Å². The Bertz CT molecular complexity index is 750. The van der Waals surface area contributed by atoms with Gasteiger partial charge in [0.05, 0.1) is 27.0 Å². The molecule has 2 rings (SSSR count). The van der Waals surface area contributed by atoms with Gasteiger partial charge in [0.2, 0.25) is 0 Å². The molecule has 0 aromatic heterocycles. The van der Waals surface area contributed by atoms with Gasteiger partial charge in [-0.1, -0.05) is 17.7 Å². The molecule has 0 saturated heterocycles. The maximum absolute atomic E-state index is 6.22. The Morgan fingerprint density at radius 3 is 2.36 bits per heavy atom. The molecular formula is C18H22ClN3O3. The minimum Gasteiger partial charge on any atom is -0.497 e. The fraction of sp³-hybridized carbons (Fsp3) is 0.278. The van der Waals surface area contributed by atoms with Crippen LogP contribution in [0, 0.1) is 0 Å². The lowest BCUT2D eigenvalue weighted by molar-refractivity contribution is 0.405. The molecular weight excluding hydrogens is 342 g/mol. The number of rotatable bonds is 7. The van der Waals surface area contributed by atoms with Crippen LogP contribution in [-0.2, 0) is 6.42 Å². The third kappa shape index (κ3) is 5.19. The summed E-state index contributed by atoms with van der Waals surface area (Å²) >= 11 is 6.22. The second kappa shape index (κ2) is 9.03. The first-order chi connectivity index (χ1) is 12.1. The Morgan fingerprint density at radius 1 is 1.04 bits per heavy atom. The fourth-order valence-electron chi connectivity index (χ4n) is 2.24. The van der Waals surface area contributed by atoms with Gasteiger partial charge in [0.25, 0.3) is 0 Å². The number of guanidine groups is 1. The number of aliphatic imine (C=N–C) groups is 1. The minimum absolute atomic E-state index is 0.288. The van der Waals surface area contributed by atoms with Crippen molar-refractivity contribution in [2.45, 2.75) is 6.42 Å². The molecule has 0 aliphatic rings. The van der Waals surface area contributed by atoms with E-state index in [1.54, 1.807) is 39.5 Å². The third-order valence-corrected chi connectivity index (χ3v) is 3.94. The second-order valence-electron chi connectivity index (χ2n) is 5.17. The van der Waals surface area contributed by atoms with Crippen LogP contribution in [0.5, 0.6) is 17.2 Å². The number of nitrogens with zero attached hydrogens (tertiary/aromatic N) is 1. The van der Waals surface area contributed by atoms with E-state index in [2.05, 4.69) is 10.3 Å². The summed E-state index contributed by atoms with van der Waals surface area (Å²) in [5.41, 5.74) is 7.63.